The first kappa shape index (κ1) is 15.8. The van der Waals surface area contributed by atoms with Gasteiger partial charge in [-0.25, -0.2) is 0 Å². The second kappa shape index (κ2) is 8.77. The maximum atomic E-state index is 6.02. The van der Waals surface area contributed by atoms with Crippen LogP contribution in [0.2, 0.25) is 0 Å². The van der Waals surface area contributed by atoms with E-state index in [0.717, 1.165) is 36.6 Å². The van der Waals surface area contributed by atoms with Crippen molar-refractivity contribution in [1.29, 1.82) is 0 Å². The summed E-state index contributed by atoms with van der Waals surface area (Å²) in [7, 11) is 3.37. The summed E-state index contributed by atoms with van der Waals surface area (Å²) >= 11 is 0. The molecule has 1 N–H and O–H groups in total. The Morgan fingerprint density at radius 3 is 2.68 bits per heavy atom. The van der Waals surface area contributed by atoms with Crippen molar-refractivity contribution in [1.82, 2.24) is 5.32 Å². The molecule has 1 atom stereocenters. The van der Waals surface area contributed by atoms with Crippen LogP contribution in [0.15, 0.2) is 18.2 Å². The largest absolute Gasteiger partial charge is 0.493 e. The van der Waals surface area contributed by atoms with E-state index in [4.69, 9.17) is 14.2 Å². The van der Waals surface area contributed by atoms with Gasteiger partial charge in [-0.3, -0.25) is 0 Å². The highest BCUT2D eigenvalue weighted by Crippen LogP contribution is 2.32. The first-order chi connectivity index (χ1) is 9.22. The molecule has 0 radical (unpaired) electrons. The van der Waals surface area contributed by atoms with Gasteiger partial charge in [-0.05, 0) is 19.5 Å². The summed E-state index contributed by atoms with van der Waals surface area (Å²) < 4.78 is 16.5. The number of para-hydroxylation sites is 1. The molecule has 4 nitrogen and oxygen atoms in total. The Morgan fingerprint density at radius 2 is 2.05 bits per heavy atom. The van der Waals surface area contributed by atoms with Crippen molar-refractivity contribution in [2.24, 2.45) is 0 Å². The number of nitrogens with one attached hydrogen (secondary N) is 1. The Morgan fingerprint density at radius 1 is 1.26 bits per heavy atom. The Bertz CT molecular complexity index is 368. The van der Waals surface area contributed by atoms with Gasteiger partial charge in [0.1, 0.15) is 0 Å². The molecule has 0 saturated carbocycles. The van der Waals surface area contributed by atoms with Crippen molar-refractivity contribution in [3.63, 3.8) is 0 Å². The molecule has 1 aromatic carbocycles. The number of rotatable bonds is 9. The molecular formula is C15H25NO3. The molecule has 1 rings (SSSR count). The molecule has 0 spiro atoms. The Hall–Kier alpha value is -1.26. The number of hydrogen-bond acceptors (Lipinski definition) is 4. The van der Waals surface area contributed by atoms with Gasteiger partial charge >= 0.3 is 0 Å². The minimum Gasteiger partial charge on any atom is -0.493 e. The molecule has 0 fully saturated rings. The molecule has 19 heavy (non-hydrogen) atoms. The van der Waals surface area contributed by atoms with Crippen LogP contribution >= 0.6 is 0 Å². The predicted molar refractivity (Wildman–Crippen MR) is 77.0 cm³/mol. The van der Waals surface area contributed by atoms with Crippen LogP contribution in [0.5, 0.6) is 11.5 Å². The summed E-state index contributed by atoms with van der Waals surface area (Å²) in [6.45, 7) is 6.53. The van der Waals surface area contributed by atoms with Crippen LogP contribution in [-0.2, 0) is 11.3 Å². The minimum atomic E-state index is 0.0941. The van der Waals surface area contributed by atoms with Crippen LogP contribution < -0.4 is 14.8 Å². The highest BCUT2D eigenvalue weighted by Gasteiger charge is 2.13. The van der Waals surface area contributed by atoms with Gasteiger partial charge < -0.3 is 19.5 Å². The minimum absolute atomic E-state index is 0.0941. The highest BCUT2D eigenvalue weighted by molar-refractivity contribution is 5.46. The molecular weight excluding hydrogens is 242 g/mol. The summed E-state index contributed by atoms with van der Waals surface area (Å²) in [6.07, 6.45) is 0.950. The van der Waals surface area contributed by atoms with Crippen molar-refractivity contribution in [2.75, 3.05) is 27.4 Å². The van der Waals surface area contributed by atoms with Gasteiger partial charge in [0, 0.05) is 32.2 Å². The van der Waals surface area contributed by atoms with Crippen LogP contribution in [0.25, 0.3) is 0 Å². The topological polar surface area (TPSA) is 39.7 Å². The van der Waals surface area contributed by atoms with Gasteiger partial charge in [-0.2, -0.15) is 0 Å². The van der Waals surface area contributed by atoms with Crippen molar-refractivity contribution in [3.8, 4) is 11.5 Å². The quantitative estimate of drug-likeness (QED) is 0.746. The average Bonchev–Trinajstić information content (AvgIpc) is 2.43. The normalized spacial score (nSPS) is 12.2. The standard InChI is InChI=1S/C15H25NO3/c1-5-16-11-13-7-6-8-14(18-4)15(13)19-12(2)9-10-17-3/h6-8,12,16H,5,9-11H2,1-4H3. The van der Waals surface area contributed by atoms with E-state index < -0.39 is 0 Å². The van der Waals surface area contributed by atoms with Gasteiger partial charge in [0.2, 0.25) is 0 Å². The van der Waals surface area contributed by atoms with E-state index in [1.807, 2.05) is 19.1 Å². The second-order valence-corrected chi connectivity index (χ2v) is 4.44. The number of benzene rings is 1. The summed E-state index contributed by atoms with van der Waals surface area (Å²) in [5, 5.41) is 3.31. The molecule has 0 amide bonds. The molecule has 0 saturated heterocycles. The molecule has 108 valence electrons. The van der Waals surface area contributed by atoms with Gasteiger partial charge in [-0.1, -0.05) is 19.1 Å². The van der Waals surface area contributed by atoms with E-state index in [1.54, 1.807) is 14.2 Å². The number of hydrogen-bond donors (Lipinski definition) is 1. The zero-order chi connectivity index (χ0) is 14.1. The smallest absolute Gasteiger partial charge is 0.166 e. The van der Waals surface area contributed by atoms with Crippen LogP contribution in [0.4, 0.5) is 0 Å². The van der Waals surface area contributed by atoms with E-state index in [1.165, 1.54) is 0 Å². The maximum Gasteiger partial charge on any atom is 0.166 e. The molecule has 0 aliphatic carbocycles. The first-order valence-electron chi connectivity index (χ1n) is 6.75. The van der Waals surface area contributed by atoms with E-state index in [2.05, 4.69) is 18.3 Å². The van der Waals surface area contributed by atoms with Gasteiger partial charge in [0.15, 0.2) is 11.5 Å². The fourth-order valence-corrected chi connectivity index (χ4v) is 1.80. The third kappa shape index (κ3) is 5.09. The summed E-state index contributed by atoms with van der Waals surface area (Å²) in [4.78, 5) is 0. The molecule has 0 heterocycles. The van der Waals surface area contributed by atoms with E-state index >= 15 is 0 Å². The third-order valence-corrected chi connectivity index (χ3v) is 2.89. The molecule has 0 aliphatic heterocycles. The zero-order valence-electron chi connectivity index (χ0n) is 12.4. The summed E-state index contributed by atoms with van der Waals surface area (Å²) in [5.41, 5.74) is 1.12. The van der Waals surface area contributed by atoms with Crippen molar-refractivity contribution >= 4 is 0 Å². The molecule has 0 bridgehead atoms. The fraction of sp³-hybridized carbons (Fsp3) is 0.600. The lowest BCUT2D eigenvalue weighted by Gasteiger charge is -2.19. The molecule has 0 aliphatic rings. The van der Waals surface area contributed by atoms with E-state index in [-0.39, 0.29) is 6.10 Å². The number of ether oxygens (including phenoxy) is 3. The Balaban J connectivity index is 2.81. The third-order valence-electron chi connectivity index (χ3n) is 2.89. The lowest BCUT2D eigenvalue weighted by molar-refractivity contribution is 0.132. The Labute approximate surface area is 116 Å². The predicted octanol–water partition coefficient (Wildman–Crippen LogP) is 2.61. The highest BCUT2D eigenvalue weighted by atomic mass is 16.5. The fourth-order valence-electron chi connectivity index (χ4n) is 1.80. The average molecular weight is 267 g/mol. The molecule has 1 aromatic rings. The van der Waals surface area contributed by atoms with Crippen LogP contribution in [-0.4, -0.2) is 33.5 Å². The van der Waals surface area contributed by atoms with Crippen LogP contribution in [0.3, 0.4) is 0 Å². The van der Waals surface area contributed by atoms with Gasteiger partial charge in [-0.15, -0.1) is 0 Å². The van der Waals surface area contributed by atoms with Gasteiger partial charge in [0.25, 0.3) is 0 Å². The number of methoxy groups -OCH3 is 2. The monoisotopic (exact) mass is 267 g/mol. The zero-order valence-corrected chi connectivity index (χ0v) is 12.4. The summed E-state index contributed by atoms with van der Waals surface area (Å²) in [6, 6.07) is 5.97. The van der Waals surface area contributed by atoms with E-state index in [9.17, 15) is 0 Å². The lowest BCUT2D eigenvalue weighted by atomic mass is 10.1. The van der Waals surface area contributed by atoms with Crippen molar-refractivity contribution in [3.05, 3.63) is 23.8 Å². The Kier molecular flexibility index (Phi) is 7.30. The summed E-state index contributed by atoms with van der Waals surface area (Å²) in [5.74, 6) is 1.61. The van der Waals surface area contributed by atoms with Crippen LogP contribution in [0.1, 0.15) is 25.8 Å². The van der Waals surface area contributed by atoms with Crippen molar-refractivity contribution in [2.45, 2.75) is 32.9 Å². The second-order valence-electron chi connectivity index (χ2n) is 4.44. The van der Waals surface area contributed by atoms with E-state index in [0.29, 0.717) is 6.61 Å². The van der Waals surface area contributed by atoms with Crippen molar-refractivity contribution < 1.29 is 14.2 Å². The SMILES string of the molecule is CCNCc1cccc(OC)c1OC(C)CCOC. The first-order valence-corrected chi connectivity index (χ1v) is 6.75. The maximum absolute atomic E-state index is 6.02. The van der Waals surface area contributed by atoms with Crippen LogP contribution in [0, 0.1) is 0 Å². The molecule has 4 heteroatoms. The molecule has 0 aromatic heterocycles. The van der Waals surface area contributed by atoms with Gasteiger partial charge in [0.05, 0.1) is 13.2 Å². The molecule has 1 unspecified atom stereocenters. The lowest BCUT2D eigenvalue weighted by Crippen LogP contribution is -2.18.